The van der Waals surface area contributed by atoms with Gasteiger partial charge in [0, 0.05) is 5.56 Å². The highest BCUT2D eigenvalue weighted by molar-refractivity contribution is 6.05. The summed E-state index contributed by atoms with van der Waals surface area (Å²) in [5.74, 6) is 1.66. The van der Waals surface area contributed by atoms with Crippen molar-refractivity contribution in [3.05, 3.63) is 47.5 Å². The summed E-state index contributed by atoms with van der Waals surface area (Å²) in [6.07, 6.45) is 1.97. The van der Waals surface area contributed by atoms with Crippen LogP contribution in [0.2, 0.25) is 0 Å². The van der Waals surface area contributed by atoms with Crippen LogP contribution in [0.3, 0.4) is 0 Å². The van der Waals surface area contributed by atoms with E-state index in [4.69, 9.17) is 14.2 Å². The van der Waals surface area contributed by atoms with Gasteiger partial charge in [-0.05, 0) is 42.7 Å². The zero-order valence-electron chi connectivity index (χ0n) is 13.2. The average Bonchev–Trinajstić information content (AvgIpc) is 2.61. The van der Waals surface area contributed by atoms with Crippen LogP contribution in [0.25, 0.3) is 0 Å². The fourth-order valence-corrected chi connectivity index (χ4v) is 2.66. The van der Waals surface area contributed by atoms with E-state index >= 15 is 0 Å². The number of carbonyl (C=O) groups is 1. The maximum atomic E-state index is 12.5. The molecule has 1 aliphatic rings. The highest BCUT2D eigenvalue weighted by Crippen LogP contribution is 2.33. The Morgan fingerprint density at radius 1 is 1.13 bits per heavy atom. The van der Waals surface area contributed by atoms with Crippen LogP contribution in [0.1, 0.15) is 22.3 Å². The molecule has 0 aliphatic carbocycles. The Bertz CT molecular complexity index is 727. The number of hydrogen-bond acceptors (Lipinski definition) is 4. The van der Waals surface area contributed by atoms with Gasteiger partial charge in [0.2, 0.25) is 0 Å². The van der Waals surface area contributed by atoms with Gasteiger partial charge in [-0.15, -0.1) is 0 Å². The van der Waals surface area contributed by atoms with Gasteiger partial charge in [-0.2, -0.15) is 0 Å². The van der Waals surface area contributed by atoms with Gasteiger partial charge in [-0.25, -0.2) is 0 Å². The Morgan fingerprint density at radius 3 is 2.74 bits per heavy atom. The number of ether oxygens (including phenoxy) is 3. The molecule has 1 aliphatic heterocycles. The van der Waals surface area contributed by atoms with Crippen LogP contribution in [-0.2, 0) is 6.42 Å². The van der Waals surface area contributed by atoms with Crippen molar-refractivity contribution in [1.82, 2.24) is 0 Å². The van der Waals surface area contributed by atoms with E-state index in [-0.39, 0.29) is 5.91 Å². The van der Waals surface area contributed by atoms with Crippen LogP contribution < -0.4 is 19.5 Å². The molecular formula is C18H19NO4. The number of methoxy groups -OCH3 is 2. The first-order valence-corrected chi connectivity index (χ1v) is 7.51. The van der Waals surface area contributed by atoms with Gasteiger partial charge >= 0.3 is 0 Å². The molecule has 23 heavy (non-hydrogen) atoms. The maximum absolute atomic E-state index is 12.5. The third-order valence-electron chi connectivity index (χ3n) is 3.83. The third kappa shape index (κ3) is 3.08. The Balaban J connectivity index is 1.85. The Kier molecular flexibility index (Phi) is 4.37. The summed E-state index contributed by atoms with van der Waals surface area (Å²) in [6, 6.07) is 10.9. The van der Waals surface area contributed by atoms with Gasteiger partial charge in [-0.1, -0.05) is 12.1 Å². The largest absolute Gasteiger partial charge is 0.493 e. The molecule has 5 heteroatoms. The second-order valence-corrected chi connectivity index (χ2v) is 5.27. The van der Waals surface area contributed by atoms with E-state index in [1.54, 1.807) is 32.4 Å². The van der Waals surface area contributed by atoms with Crippen LogP contribution >= 0.6 is 0 Å². The van der Waals surface area contributed by atoms with Crippen molar-refractivity contribution >= 4 is 11.6 Å². The van der Waals surface area contributed by atoms with Crippen LogP contribution in [0.15, 0.2) is 36.4 Å². The van der Waals surface area contributed by atoms with Crippen molar-refractivity contribution < 1.29 is 19.0 Å². The normalized spacial score (nSPS) is 12.8. The van der Waals surface area contributed by atoms with Crippen LogP contribution in [0, 0.1) is 0 Å². The minimum absolute atomic E-state index is 0.214. The summed E-state index contributed by atoms with van der Waals surface area (Å²) in [7, 11) is 3.10. The SMILES string of the molecule is COc1ccc(C(=O)Nc2cccc3c2OCCC3)cc1OC. The molecule has 0 saturated carbocycles. The molecule has 0 atom stereocenters. The molecule has 5 nitrogen and oxygen atoms in total. The molecule has 2 aromatic rings. The summed E-state index contributed by atoms with van der Waals surface area (Å²) in [6.45, 7) is 0.677. The quantitative estimate of drug-likeness (QED) is 0.941. The van der Waals surface area contributed by atoms with E-state index in [9.17, 15) is 4.79 Å². The Morgan fingerprint density at radius 2 is 1.96 bits per heavy atom. The molecular weight excluding hydrogens is 294 g/mol. The fourth-order valence-electron chi connectivity index (χ4n) is 2.66. The molecule has 0 aromatic heterocycles. The predicted molar refractivity (Wildman–Crippen MR) is 87.8 cm³/mol. The first-order chi connectivity index (χ1) is 11.2. The molecule has 0 radical (unpaired) electrons. The molecule has 1 amide bonds. The molecule has 2 aromatic carbocycles. The van der Waals surface area contributed by atoms with Crippen LogP contribution in [-0.4, -0.2) is 26.7 Å². The van der Waals surface area contributed by atoms with Crippen molar-refractivity contribution in [2.45, 2.75) is 12.8 Å². The lowest BCUT2D eigenvalue weighted by molar-refractivity contribution is 0.102. The topological polar surface area (TPSA) is 56.8 Å². The average molecular weight is 313 g/mol. The monoisotopic (exact) mass is 313 g/mol. The van der Waals surface area contributed by atoms with Gasteiger partial charge in [0.15, 0.2) is 11.5 Å². The van der Waals surface area contributed by atoms with Crippen molar-refractivity contribution in [3.63, 3.8) is 0 Å². The highest BCUT2D eigenvalue weighted by Gasteiger charge is 2.17. The van der Waals surface area contributed by atoms with Gasteiger partial charge < -0.3 is 19.5 Å². The lowest BCUT2D eigenvalue weighted by Gasteiger charge is -2.20. The van der Waals surface area contributed by atoms with Crippen molar-refractivity contribution in [2.75, 3.05) is 26.1 Å². The summed E-state index contributed by atoms with van der Waals surface area (Å²) in [5.41, 5.74) is 2.32. The van der Waals surface area contributed by atoms with Crippen LogP contribution in [0.5, 0.6) is 17.2 Å². The third-order valence-corrected chi connectivity index (χ3v) is 3.83. The highest BCUT2D eigenvalue weighted by atomic mass is 16.5. The van der Waals surface area contributed by atoms with Gasteiger partial charge in [0.25, 0.3) is 5.91 Å². The van der Waals surface area contributed by atoms with Gasteiger partial charge in [0.1, 0.15) is 5.75 Å². The molecule has 1 N–H and O–H groups in total. The van der Waals surface area contributed by atoms with E-state index < -0.39 is 0 Å². The van der Waals surface area contributed by atoms with Crippen LogP contribution in [0.4, 0.5) is 5.69 Å². The summed E-state index contributed by atoms with van der Waals surface area (Å²) in [5, 5.41) is 2.91. The fraction of sp³-hybridized carbons (Fsp3) is 0.278. The molecule has 0 spiro atoms. The zero-order valence-corrected chi connectivity index (χ0v) is 13.2. The number of benzene rings is 2. The molecule has 3 rings (SSSR count). The van der Waals surface area contributed by atoms with E-state index in [0.29, 0.717) is 29.4 Å². The van der Waals surface area contributed by atoms with Gasteiger partial charge in [0.05, 0.1) is 26.5 Å². The number of carbonyl (C=O) groups excluding carboxylic acids is 1. The number of amides is 1. The molecule has 0 bridgehead atoms. The lowest BCUT2D eigenvalue weighted by atomic mass is 10.1. The molecule has 1 heterocycles. The number of aryl methyl sites for hydroxylation is 1. The molecule has 0 fully saturated rings. The summed E-state index contributed by atoms with van der Waals surface area (Å²) >= 11 is 0. The van der Waals surface area contributed by atoms with E-state index in [1.165, 1.54) is 0 Å². The number of nitrogens with one attached hydrogen (secondary N) is 1. The minimum atomic E-state index is -0.214. The number of rotatable bonds is 4. The van der Waals surface area contributed by atoms with E-state index in [0.717, 1.165) is 24.2 Å². The standard InChI is InChI=1S/C18H19NO4/c1-21-15-9-8-13(11-16(15)22-2)18(20)19-14-7-3-5-12-6-4-10-23-17(12)14/h3,5,7-9,11H,4,6,10H2,1-2H3,(H,19,20). The Labute approximate surface area is 135 Å². The summed E-state index contributed by atoms with van der Waals surface area (Å²) < 4.78 is 16.1. The smallest absolute Gasteiger partial charge is 0.255 e. The summed E-state index contributed by atoms with van der Waals surface area (Å²) in [4.78, 5) is 12.5. The maximum Gasteiger partial charge on any atom is 0.255 e. The second-order valence-electron chi connectivity index (χ2n) is 5.27. The first kappa shape index (κ1) is 15.2. The predicted octanol–water partition coefficient (Wildman–Crippen LogP) is 3.28. The number of hydrogen-bond donors (Lipinski definition) is 1. The number of anilines is 1. The van der Waals surface area contributed by atoms with E-state index in [1.807, 2.05) is 18.2 Å². The number of fused-ring (bicyclic) bond motifs is 1. The minimum Gasteiger partial charge on any atom is -0.493 e. The van der Waals surface area contributed by atoms with Crippen molar-refractivity contribution in [2.24, 2.45) is 0 Å². The number of para-hydroxylation sites is 1. The van der Waals surface area contributed by atoms with Crippen molar-refractivity contribution in [1.29, 1.82) is 0 Å². The van der Waals surface area contributed by atoms with Crippen molar-refractivity contribution in [3.8, 4) is 17.2 Å². The molecule has 0 unspecified atom stereocenters. The second kappa shape index (κ2) is 6.60. The first-order valence-electron chi connectivity index (χ1n) is 7.51. The Hall–Kier alpha value is -2.69. The molecule has 0 saturated heterocycles. The van der Waals surface area contributed by atoms with E-state index in [2.05, 4.69) is 5.32 Å². The zero-order chi connectivity index (χ0) is 16.2. The molecule has 120 valence electrons. The lowest BCUT2D eigenvalue weighted by Crippen LogP contribution is -2.16. The van der Waals surface area contributed by atoms with Gasteiger partial charge in [-0.3, -0.25) is 4.79 Å².